The predicted molar refractivity (Wildman–Crippen MR) is 85.8 cm³/mol. The van der Waals surface area contributed by atoms with Crippen molar-refractivity contribution in [3.8, 4) is 0 Å². The molecule has 1 aromatic heterocycles. The van der Waals surface area contributed by atoms with Gasteiger partial charge in [0.15, 0.2) is 0 Å². The number of hydrogen-bond donors (Lipinski definition) is 0. The van der Waals surface area contributed by atoms with Crippen molar-refractivity contribution in [1.82, 2.24) is 9.88 Å². The predicted octanol–water partition coefficient (Wildman–Crippen LogP) is 3.86. The van der Waals surface area contributed by atoms with Gasteiger partial charge in [-0.1, -0.05) is 18.9 Å². The average molecular weight is 303 g/mol. The third-order valence-corrected chi connectivity index (χ3v) is 4.52. The standard InChI is InChI=1S/C17H19ClN2O/c18-12-15-6-2-1-3-10-20(15)17(21)14-7-8-16-13(11-14)5-4-9-19-16/h4-5,7-9,11,15H,1-3,6,10,12H2. The molecule has 21 heavy (non-hydrogen) atoms. The topological polar surface area (TPSA) is 33.2 Å². The second kappa shape index (κ2) is 6.44. The molecule has 0 saturated carbocycles. The van der Waals surface area contributed by atoms with Crippen molar-refractivity contribution in [2.24, 2.45) is 0 Å². The van der Waals surface area contributed by atoms with E-state index < -0.39 is 0 Å². The number of likely N-dealkylation sites (tertiary alicyclic amines) is 1. The van der Waals surface area contributed by atoms with E-state index in [1.165, 1.54) is 6.42 Å². The Morgan fingerprint density at radius 2 is 2.19 bits per heavy atom. The molecular formula is C17H19ClN2O. The molecule has 0 aliphatic carbocycles. The molecule has 1 unspecified atom stereocenters. The summed E-state index contributed by atoms with van der Waals surface area (Å²) in [5, 5.41) is 1.00. The van der Waals surface area contributed by atoms with E-state index in [1.54, 1.807) is 6.20 Å². The Morgan fingerprint density at radius 3 is 3.05 bits per heavy atom. The van der Waals surface area contributed by atoms with Crippen molar-refractivity contribution in [1.29, 1.82) is 0 Å². The fourth-order valence-electron chi connectivity index (χ4n) is 2.98. The molecule has 0 N–H and O–H groups in total. The van der Waals surface area contributed by atoms with Crippen LogP contribution >= 0.6 is 11.6 Å². The summed E-state index contributed by atoms with van der Waals surface area (Å²) in [7, 11) is 0. The fourth-order valence-corrected chi connectivity index (χ4v) is 3.30. The number of halogens is 1. The Balaban J connectivity index is 1.90. The molecule has 1 aliphatic heterocycles. The van der Waals surface area contributed by atoms with Crippen molar-refractivity contribution in [3.63, 3.8) is 0 Å². The Bertz CT molecular complexity index is 643. The zero-order valence-electron chi connectivity index (χ0n) is 12.0. The number of hydrogen-bond acceptors (Lipinski definition) is 2. The largest absolute Gasteiger partial charge is 0.334 e. The quantitative estimate of drug-likeness (QED) is 0.789. The van der Waals surface area contributed by atoms with E-state index in [0.717, 1.165) is 42.3 Å². The Labute approximate surface area is 129 Å². The van der Waals surface area contributed by atoms with Gasteiger partial charge in [0.25, 0.3) is 5.91 Å². The lowest BCUT2D eigenvalue weighted by Crippen LogP contribution is -2.41. The number of fused-ring (bicyclic) bond motifs is 1. The lowest BCUT2D eigenvalue weighted by atomic mass is 10.1. The van der Waals surface area contributed by atoms with Crippen LogP contribution in [-0.2, 0) is 0 Å². The summed E-state index contributed by atoms with van der Waals surface area (Å²) in [5.74, 6) is 0.606. The van der Waals surface area contributed by atoms with Crippen molar-refractivity contribution in [2.75, 3.05) is 12.4 Å². The lowest BCUT2D eigenvalue weighted by molar-refractivity contribution is 0.0700. The first-order chi connectivity index (χ1) is 10.3. The molecule has 1 aromatic carbocycles. The van der Waals surface area contributed by atoms with E-state index in [2.05, 4.69) is 4.98 Å². The van der Waals surface area contributed by atoms with Gasteiger partial charge in [0.1, 0.15) is 0 Å². The van der Waals surface area contributed by atoms with Crippen LogP contribution in [0.3, 0.4) is 0 Å². The number of nitrogens with zero attached hydrogens (tertiary/aromatic N) is 2. The molecule has 4 heteroatoms. The van der Waals surface area contributed by atoms with Crippen molar-refractivity contribution in [2.45, 2.75) is 31.7 Å². The maximum Gasteiger partial charge on any atom is 0.254 e. The number of alkyl halides is 1. The number of benzene rings is 1. The summed E-state index contributed by atoms with van der Waals surface area (Å²) < 4.78 is 0. The van der Waals surface area contributed by atoms with Crippen LogP contribution in [0.25, 0.3) is 10.9 Å². The summed E-state index contributed by atoms with van der Waals surface area (Å²) >= 11 is 6.07. The first-order valence-electron chi connectivity index (χ1n) is 7.51. The summed E-state index contributed by atoms with van der Waals surface area (Å²) in [5.41, 5.74) is 1.64. The molecule has 1 amide bonds. The van der Waals surface area contributed by atoms with Crippen LogP contribution in [0.2, 0.25) is 0 Å². The van der Waals surface area contributed by atoms with E-state index in [0.29, 0.717) is 5.88 Å². The van der Waals surface area contributed by atoms with Gasteiger partial charge < -0.3 is 4.90 Å². The van der Waals surface area contributed by atoms with E-state index in [-0.39, 0.29) is 11.9 Å². The van der Waals surface area contributed by atoms with Gasteiger partial charge >= 0.3 is 0 Å². The van der Waals surface area contributed by atoms with Gasteiger partial charge in [-0.2, -0.15) is 0 Å². The van der Waals surface area contributed by atoms with Crippen LogP contribution in [0.1, 0.15) is 36.0 Å². The number of carbonyl (C=O) groups excluding carboxylic acids is 1. The molecule has 1 aliphatic rings. The van der Waals surface area contributed by atoms with E-state index in [9.17, 15) is 4.79 Å². The Hall–Kier alpha value is -1.61. The second-order valence-corrected chi connectivity index (χ2v) is 5.88. The number of amides is 1. The SMILES string of the molecule is O=C(c1ccc2ncccc2c1)N1CCCCCC1CCl. The highest BCUT2D eigenvalue weighted by molar-refractivity contribution is 6.18. The zero-order chi connectivity index (χ0) is 14.7. The second-order valence-electron chi connectivity index (χ2n) is 5.57. The lowest BCUT2D eigenvalue weighted by Gasteiger charge is -2.28. The van der Waals surface area contributed by atoms with E-state index >= 15 is 0 Å². The summed E-state index contributed by atoms with van der Waals surface area (Å²) in [6, 6.07) is 9.75. The molecular weight excluding hydrogens is 284 g/mol. The minimum Gasteiger partial charge on any atom is -0.334 e. The number of carbonyl (C=O) groups is 1. The van der Waals surface area contributed by atoms with Crippen molar-refractivity contribution < 1.29 is 4.79 Å². The van der Waals surface area contributed by atoms with Crippen LogP contribution in [-0.4, -0.2) is 34.3 Å². The third kappa shape index (κ3) is 3.03. The van der Waals surface area contributed by atoms with Crippen molar-refractivity contribution in [3.05, 3.63) is 42.1 Å². The fraction of sp³-hybridized carbons (Fsp3) is 0.412. The Kier molecular flexibility index (Phi) is 4.39. The number of rotatable bonds is 2. The van der Waals surface area contributed by atoms with Crippen LogP contribution in [0.15, 0.2) is 36.5 Å². The molecule has 1 atom stereocenters. The minimum atomic E-state index is 0.0910. The minimum absolute atomic E-state index is 0.0910. The van der Waals surface area contributed by atoms with Crippen LogP contribution in [0.5, 0.6) is 0 Å². The number of pyridine rings is 1. The van der Waals surface area contributed by atoms with Gasteiger partial charge in [-0.25, -0.2) is 0 Å². The van der Waals surface area contributed by atoms with Crippen LogP contribution < -0.4 is 0 Å². The molecule has 3 nitrogen and oxygen atoms in total. The van der Waals surface area contributed by atoms with E-state index in [1.807, 2.05) is 35.2 Å². The summed E-state index contributed by atoms with van der Waals surface area (Å²) in [6.07, 6.45) is 6.17. The molecule has 3 rings (SSSR count). The maximum absolute atomic E-state index is 12.8. The van der Waals surface area contributed by atoms with Gasteiger partial charge in [0.05, 0.1) is 5.52 Å². The first kappa shape index (κ1) is 14.3. The molecule has 0 radical (unpaired) electrons. The van der Waals surface area contributed by atoms with Crippen LogP contribution in [0, 0.1) is 0 Å². The van der Waals surface area contributed by atoms with Gasteiger partial charge in [0, 0.05) is 35.6 Å². The smallest absolute Gasteiger partial charge is 0.254 e. The zero-order valence-corrected chi connectivity index (χ0v) is 12.7. The number of aromatic nitrogens is 1. The summed E-state index contributed by atoms with van der Waals surface area (Å²) in [6.45, 7) is 0.807. The van der Waals surface area contributed by atoms with E-state index in [4.69, 9.17) is 11.6 Å². The molecule has 2 heterocycles. The Morgan fingerprint density at radius 1 is 1.29 bits per heavy atom. The van der Waals surface area contributed by atoms with Gasteiger partial charge in [0.2, 0.25) is 0 Å². The highest BCUT2D eigenvalue weighted by atomic mass is 35.5. The average Bonchev–Trinajstić information content (AvgIpc) is 2.79. The first-order valence-corrected chi connectivity index (χ1v) is 8.05. The molecule has 1 saturated heterocycles. The van der Waals surface area contributed by atoms with Gasteiger partial charge in [-0.3, -0.25) is 9.78 Å². The molecule has 110 valence electrons. The molecule has 1 fully saturated rings. The van der Waals surface area contributed by atoms with Gasteiger partial charge in [-0.15, -0.1) is 11.6 Å². The summed E-state index contributed by atoms with van der Waals surface area (Å²) in [4.78, 5) is 19.1. The monoisotopic (exact) mass is 302 g/mol. The normalized spacial score (nSPS) is 19.5. The van der Waals surface area contributed by atoms with Crippen LogP contribution in [0.4, 0.5) is 0 Å². The highest BCUT2D eigenvalue weighted by Gasteiger charge is 2.25. The highest BCUT2D eigenvalue weighted by Crippen LogP contribution is 2.22. The molecule has 0 bridgehead atoms. The molecule has 0 spiro atoms. The third-order valence-electron chi connectivity index (χ3n) is 4.17. The van der Waals surface area contributed by atoms with Gasteiger partial charge in [-0.05, 0) is 37.1 Å². The molecule has 2 aromatic rings. The van der Waals surface area contributed by atoms with Crippen molar-refractivity contribution >= 4 is 28.4 Å². The maximum atomic E-state index is 12.8.